The maximum absolute atomic E-state index is 14.6. The van der Waals surface area contributed by atoms with E-state index >= 15 is 0 Å². The average molecular weight is 453 g/mol. The van der Waals surface area contributed by atoms with Crippen LogP contribution in [0.15, 0.2) is 66.0 Å². The number of nitrogens with zero attached hydrogens (tertiary/aromatic N) is 3. The van der Waals surface area contributed by atoms with Crippen LogP contribution in [-0.4, -0.2) is 50.8 Å². The van der Waals surface area contributed by atoms with Gasteiger partial charge in [0.15, 0.2) is 0 Å². The van der Waals surface area contributed by atoms with Crippen molar-refractivity contribution in [2.45, 2.75) is 37.6 Å². The second kappa shape index (κ2) is 9.58. The van der Waals surface area contributed by atoms with Crippen LogP contribution in [0.2, 0.25) is 0 Å². The van der Waals surface area contributed by atoms with Gasteiger partial charge in [-0.2, -0.15) is 0 Å². The average Bonchev–Trinajstić information content (AvgIpc) is 2.81. The molecule has 0 saturated carbocycles. The number of hydrogen-bond donors (Lipinski definition) is 2. The summed E-state index contributed by atoms with van der Waals surface area (Å²) in [5.74, 6) is -3.93. The van der Waals surface area contributed by atoms with E-state index in [1.54, 1.807) is 36.5 Å². The lowest BCUT2D eigenvalue weighted by atomic mass is 9.87. The van der Waals surface area contributed by atoms with Gasteiger partial charge in [0.25, 0.3) is 5.92 Å². The van der Waals surface area contributed by atoms with Crippen LogP contribution in [0.5, 0.6) is 0 Å². The monoisotopic (exact) mass is 453 g/mol. The minimum absolute atomic E-state index is 0.00588. The zero-order valence-corrected chi connectivity index (χ0v) is 18.2. The third-order valence-electron chi connectivity index (χ3n) is 6.03. The van der Waals surface area contributed by atoms with Crippen molar-refractivity contribution in [2.24, 2.45) is 0 Å². The Morgan fingerprint density at radius 1 is 1.21 bits per heavy atom. The number of piperidine rings is 1. The number of amides is 1. The number of H-pyrrole nitrogens is 1. The third kappa shape index (κ3) is 5.48. The minimum Gasteiger partial charge on any atom is -0.329 e. The summed E-state index contributed by atoms with van der Waals surface area (Å²) in [5.41, 5.74) is 2.11. The van der Waals surface area contributed by atoms with Crippen molar-refractivity contribution in [1.82, 2.24) is 19.9 Å². The van der Waals surface area contributed by atoms with E-state index in [4.69, 9.17) is 0 Å². The van der Waals surface area contributed by atoms with Crippen LogP contribution in [0.3, 0.4) is 0 Å². The molecule has 3 aromatic heterocycles. The Morgan fingerprint density at radius 2 is 2.00 bits per heavy atom. The van der Waals surface area contributed by atoms with E-state index in [1.807, 2.05) is 18.2 Å². The molecular formula is C24H25F2N5O2. The highest BCUT2D eigenvalue weighted by molar-refractivity contribution is 5.93. The molecule has 7 nitrogen and oxygen atoms in total. The quantitative estimate of drug-likeness (QED) is 0.598. The number of pyridine rings is 3. The zero-order chi connectivity index (χ0) is 23.4. The van der Waals surface area contributed by atoms with Crippen LogP contribution in [0.1, 0.15) is 36.0 Å². The molecule has 1 aliphatic rings. The number of rotatable bonds is 6. The molecule has 9 heteroatoms. The van der Waals surface area contributed by atoms with Gasteiger partial charge < -0.3 is 10.3 Å². The van der Waals surface area contributed by atoms with Gasteiger partial charge in [-0.25, -0.2) is 13.8 Å². The van der Waals surface area contributed by atoms with Crippen molar-refractivity contribution < 1.29 is 13.6 Å². The maximum Gasteiger partial charge on any atom is 0.257 e. The molecule has 1 saturated heterocycles. The lowest BCUT2D eigenvalue weighted by Crippen LogP contribution is -2.52. The van der Waals surface area contributed by atoms with Crippen molar-refractivity contribution in [3.05, 3.63) is 88.2 Å². The van der Waals surface area contributed by atoms with Gasteiger partial charge in [-0.3, -0.25) is 19.5 Å². The van der Waals surface area contributed by atoms with Gasteiger partial charge in [0.05, 0.1) is 12.0 Å². The van der Waals surface area contributed by atoms with E-state index in [0.717, 1.165) is 11.1 Å². The van der Waals surface area contributed by atoms with Crippen molar-refractivity contribution in [3.8, 4) is 0 Å². The van der Waals surface area contributed by atoms with Crippen molar-refractivity contribution in [1.29, 1.82) is 0 Å². The number of aromatic amines is 1. The predicted molar refractivity (Wildman–Crippen MR) is 120 cm³/mol. The molecule has 1 aliphatic heterocycles. The molecule has 0 bridgehead atoms. The molecule has 33 heavy (non-hydrogen) atoms. The first-order valence-corrected chi connectivity index (χ1v) is 10.8. The number of anilines is 1. The summed E-state index contributed by atoms with van der Waals surface area (Å²) in [5, 5.41) is 2.78. The normalized spacial score (nSPS) is 19.1. The fourth-order valence-corrected chi connectivity index (χ4v) is 4.00. The number of carbonyl (C=O) groups is 1. The van der Waals surface area contributed by atoms with Crippen molar-refractivity contribution in [2.75, 3.05) is 18.4 Å². The Hall–Kier alpha value is -3.46. The van der Waals surface area contributed by atoms with E-state index in [2.05, 4.69) is 20.3 Å². The Bertz CT molecular complexity index is 1130. The van der Waals surface area contributed by atoms with E-state index in [1.165, 1.54) is 18.3 Å². The molecule has 2 N–H and O–H groups in total. The number of likely N-dealkylation sites (tertiary alicyclic amines) is 1. The second-order valence-electron chi connectivity index (χ2n) is 8.29. The van der Waals surface area contributed by atoms with Gasteiger partial charge in [0, 0.05) is 50.4 Å². The van der Waals surface area contributed by atoms with E-state index < -0.39 is 17.9 Å². The number of aromatic nitrogens is 3. The molecule has 0 unspecified atom stereocenters. The van der Waals surface area contributed by atoms with E-state index in [0.29, 0.717) is 17.8 Å². The first-order valence-electron chi connectivity index (χ1n) is 10.8. The van der Waals surface area contributed by atoms with E-state index in [9.17, 15) is 18.4 Å². The van der Waals surface area contributed by atoms with Gasteiger partial charge in [-0.1, -0.05) is 12.1 Å². The van der Waals surface area contributed by atoms with Gasteiger partial charge in [-0.05, 0) is 48.2 Å². The standard InChI is InChI=1S/C24H25F2N5O2/c1-16(31-11-8-24(25,26)20(15-31)19-3-5-22(32)29-14-19)23(33)30-21-4-2-18(13-28-21)12-17-6-9-27-10-7-17/h2-7,9-10,13-14,16,20H,8,11-12,15H2,1H3,(H,29,32)(H,28,30,33)/t16-,20+/m0/s1. The molecule has 0 aromatic carbocycles. The first kappa shape index (κ1) is 22.7. The summed E-state index contributed by atoms with van der Waals surface area (Å²) in [4.78, 5) is 36.6. The summed E-state index contributed by atoms with van der Waals surface area (Å²) >= 11 is 0. The van der Waals surface area contributed by atoms with E-state index in [-0.39, 0.29) is 31.0 Å². The Morgan fingerprint density at radius 3 is 2.67 bits per heavy atom. The van der Waals surface area contributed by atoms with Gasteiger partial charge >= 0.3 is 0 Å². The third-order valence-corrected chi connectivity index (χ3v) is 6.03. The molecular weight excluding hydrogens is 428 g/mol. The molecule has 0 aliphatic carbocycles. The van der Waals surface area contributed by atoms with Crippen LogP contribution in [0.25, 0.3) is 0 Å². The molecule has 172 valence electrons. The fourth-order valence-electron chi connectivity index (χ4n) is 4.00. The topological polar surface area (TPSA) is 91.0 Å². The Balaban J connectivity index is 1.39. The summed E-state index contributed by atoms with van der Waals surface area (Å²) < 4.78 is 29.2. The molecule has 0 spiro atoms. The summed E-state index contributed by atoms with van der Waals surface area (Å²) in [7, 11) is 0. The van der Waals surface area contributed by atoms with Crippen LogP contribution in [0.4, 0.5) is 14.6 Å². The molecule has 1 amide bonds. The highest BCUT2D eigenvalue weighted by Gasteiger charge is 2.46. The Labute approximate surface area is 189 Å². The molecule has 1 fully saturated rings. The number of carbonyl (C=O) groups excluding carboxylic acids is 1. The molecule has 2 atom stereocenters. The van der Waals surface area contributed by atoms with Crippen molar-refractivity contribution >= 4 is 11.7 Å². The Kier molecular flexibility index (Phi) is 6.60. The molecule has 3 aromatic rings. The summed E-state index contributed by atoms with van der Waals surface area (Å²) in [6.45, 7) is 1.80. The fraction of sp³-hybridized carbons (Fsp3) is 0.333. The number of nitrogens with one attached hydrogen (secondary N) is 2. The molecule has 4 rings (SSSR count). The first-order chi connectivity index (χ1) is 15.8. The number of hydrogen-bond acceptors (Lipinski definition) is 5. The van der Waals surface area contributed by atoms with Gasteiger partial charge in [0.1, 0.15) is 5.82 Å². The smallest absolute Gasteiger partial charge is 0.257 e. The van der Waals surface area contributed by atoms with Crippen molar-refractivity contribution in [3.63, 3.8) is 0 Å². The summed E-state index contributed by atoms with van der Waals surface area (Å²) in [6, 6.07) is 9.52. The molecule has 0 radical (unpaired) electrons. The van der Waals surface area contributed by atoms with Gasteiger partial charge in [0.2, 0.25) is 11.5 Å². The minimum atomic E-state index is -2.92. The highest BCUT2D eigenvalue weighted by atomic mass is 19.3. The number of alkyl halides is 2. The second-order valence-corrected chi connectivity index (χ2v) is 8.29. The van der Waals surface area contributed by atoms with Crippen LogP contribution < -0.4 is 10.9 Å². The highest BCUT2D eigenvalue weighted by Crippen LogP contribution is 2.40. The zero-order valence-electron chi connectivity index (χ0n) is 18.2. The van der Waals surface area contributed by atoms with Crippen LogP contribution in [-0.2, 0) is 11.2 Å². The van der Waals surface area contributed by atoms with Gasteiger partial charge in [-0.15, -0.1) is 0 Å². The lowest BCUT2D eigenvalue weighted by Gasteiger charge is -2.40. The molecule has 4 heterocycles. The SMILES string of the molecule is C[C@@H](C(=O)Nc1ccc(Cc2ccncc2)cn1)N1CCC(F)(F)[C@@H](c2ccc(=O)[nH]c2)C1. The maximum atomic E-state index is 14.6. The lowest BCUT2D eigenvalue weighted by molar-refractivity contribution is -0.125. The van der Waals surface area contributed by atoms with Crippen LogP contribution in [0, 0.1) is 0 Å². The summed E-state index contributed by atoms with van der Waals surface area (Å²) in [6.07, 6.45) is 6.83. The largest absolute Gasteiger partial charge is 0.329 e. The van der Waals surface area contributed by atoms with Crippen LogP contribution >= 0.6 is 0 Å². The predicted octanol–water partition coefficient (Wildman–Crippen LogP) is 3.21. The number of halogens is 2.